The van der Waals surface area contributed by atoms with Gasteiger partial charge in [-0.3, -0.25) is 0 Å². The maximum Gasteiger partial charge on any atom is 0.0698 e. The molecule has 1 atom stereocenters. The smallest absolute Gasteiger partial charge is 0.0698 e. The largest absolute Gasteiger partial charge is 0.394 e. The van der Waals surface area contributed by atoms with Crippen LogP contribution in [-0.2, 0) is 9.47 Å². The van der Waals surface area contributed by atoms with Crippen LogP contribution in [0.2, 0.25) is 0 Å². The summed E-state index contributed by atoms with van der Waals surface area (Å²) in [7, 11) is 0. The predicted octanol–water partition coefficient (Wildman–Crippen LogP) is 1.98. The van der Waals surface area contributed by atoms with Crippen molar-refractivity contribution in [1.29, 1.82) is 0 Å². The summed E-state index contributed by atoms with van der Waals surface area (Å²) in [6, 6.07) is 0. The lowest BCUT2D eigenvalue weighted by atomic mass is 10.2. The molecule has 0 aromatic rings. The highest BCUT2D eigenvalue weighted by Gasteiger charge is 1.95. The predicted molar refractivity (Wildman–Crippen MR) is 70.2 cm³/mol. The topological polar surface area (TPSA) is 58.9 Å². The Bertz CT molecular complexity index is 116. The molecule has 4 heteroatoms. The third-order valence-corrected chi connectivity index (χ3v) is 2.20. The van der Waals surface area contributed by atoms with Crippen molar-refractivity contribution >= 4 is 0 Å². The van der Waals surface area contributed by atoms with E-state index in [1.165, 1.54) is 19.3 Å². The Morgan fingerprint density at radius 2 is 1.53 bits per heavy atom. The van der Waals surface area contributed by atoms with E-state index >= 15 is 0 Å². The van der Waals surface area contributed by atoms with E-state index in [0.29, 0.717) is 19.3 Å². The molecule has 0 fully saturated rings. The molecule has 0 radical (unpaired) electrons. The lowest BCUT2D eigenvalue weighted by molar-refractivity contribution is 0.0610. The minimum absolute atomic E-state index is 0.0278. The molecule has 1 unspecified atom stereocenters. The normalized spacial score (nSPS) is 11.8. The lowest BCUT2D eigenvalue weighted by Gasteiger charge is -2.09. The fourth-order valence-corrected chi connectivity index (χ4v) is 0.986. The van der Waals surface area contributed by atoms with Gasteiger partial charge in [0.2, 0.25) is 0 Å². The summed E-state index contributed by atoms with van der Waals surface area (Å²) in [5.41, 5.74) is 0. The second kappa shape index (κ2) is 18.2. The molecule has 0 saturated heterocycles. The molecule has 106 valence electrons. The summed E-state index contributed by atoms with van der Waals surface area (Å²) in [4.78, 5) is 0. The highest BCUT2D eigenvalue weighted by atomic mass is 16.5. The minimum atomic E-state index is 0.0278. The summed E-state index contributed by atoms with van der Waals surface area (Å²) in [5, 5.41) is 16.2. The Balaban J connectivity index is 0. The van der Waals surface area contributed by atoms with Gasteiger partial charge in [-0.05, 0) is 19.8 Å². The standard InChI is InChI=1S/C9H20O.C4H10O3/c1-4-6-7-8-10-9(3)5-2;5-1-3-7-4-2-6/h9H,4-8H2,1-3H3;5-6H,1-4H2. The van der Waals surface area contributed by atoms with Crippen LogP contribution in [0.1, 0.15) is 46.5 Å². The molecule has 0 aliphatic heterocycles. The Hall–Kier alpha value is -0.160. The van der Waals surface area contributed by atoms with Crippen LogP contribution in [0.25, 0.3) is 0 Å². The highest BCUT2D eigenvalue weighted by Crippen LogP contribution is 1.99. The molecule has 17 heavy (non-hydrogen) atoms. The van der Waals surface area contributed by atoms with E-state index in [-0.39, 0.29) is 13.2 Å². The third kappa shape index (κ3) is 21.6. The molecule has 0 saturated carbocycles. The number of hydrogen-bond donors (Lipinski definition) is 2. The molecule has 0 spiro atoms. The molecule has 2 N–H and O–H groups in total. The van der Waals surface area contributed by atoms with Crippen molar-refractivity contribution in [2.45, 2.75) is 52.6 Å². The molecule has 0 aliphatic carbocycles. The van der Waals surface area contributed by atoms with Crippen molar-refractivity contribution < 1.29 is 19.7 Å². The van der Waals surface area contributed by atoms with Crippen molar-refractivity contribution in [3.8, 4) is 0 Å². The van der Waals surface area contributed by atoms with E-state index in [9.17, 15) is 0 Å². The van der Waals surface area contributed by atoms with E-state index in [1.54, 1.807) is 0 Å². The SMILES string of the molecule is CCCCCOC(C)CC.OCCOCCO. The number of unbranched alkanes of at least 4 members (excludes halogenated alkanes) is 2. The minimum Gasteiger partial charge on any atom is -0.394 e. The van der Waals surface area contributed by atoms with Gasteiger partial charge in [-0.15, -0.1) is 0 Å². The van der Waals surface area contributed by atoms with Gasteiger partial charge in [0.15, 0.2) is 0 Å². The molecule has 0 heterocycles. The number of ether oxygens (including phenoxy) is 2. The summed E-state index contributed by atoms with van der Waals surface area (Å²) in [5.74, 6) is 0. The Kier molecular flexibility index (Phi) is 20.6. The van der Waals surface area contributed by atoms with Gasteiger partial charge in [-0.1, -0.05) is 26.7 Å². The molecular weight excluding hydrogens is 220 g/mol. The molecule has 0 aromatic heterocycles. The summed E-state index contributed by atoms with van der Waals surface area (Å²) < 4.78 is 10.1. The van der Waals surface area contributed by atoms with Gasteiger partial charge in [0.05, 0.1) is 32.5 Å². The van der Waals surface area contributed by atoms with E-state index < -0.39 is 0 Å². The molecule has 0 rings (SSSR count). The van der Waals surface area contributed by atoms with Crippen LogP contribution >= 0.6 is 0 Å². The van der Waals surface area contributed by atoms with Crippen molar-refractivity contribution in [3.05, 3.63) is 0 Å². The zero-order chi connectivity index (χ0) is 13.4. The number of aliphatic hydroxyl groups excluding tert-OH is 2. The van der Waals surface area contributed by atoms with Gasteiger partial charge >= 0.3 is 0 Å². The first-order valence-electron chi connectivity index (χ1n) is 6.63. The maximum atomic E-state index is 8.09. The van der Waals surface area contributed by atoms with Crippen molar-refractivity contribution in [3.63, 3.8) is 0 Å². The molecule has 0 amide bonds. The number of hydrogen-bond acceptors (Lipinski definition) is 4. The first-order chi connectivity index (χ1) is 8.22. The summed E-state index contributed by atoms with van der Waals surface area (Å²) in [6.07, 6.45) is 5.39. The fourth-order valence-electron chi connectivity index (χ4n) is 0.986. The quantitative estimate of drug-likeness (QED) is 0.582. The first-order valence-corrected chi connectivity index (χ1v) is 6.63. The molecular formula is C13H30O4. The van der Waals surface area contributed by atoms with Crippen LogP contribution < -0.4 is 0 Å². The number of rotatable bonds is 10. The first kappa shape index (κ1) is 19.2. The van der Waals surface area contributed by atoms with Crippen molar-refractivity contribution in [2.75, 3.05) is 33.0 Å². The Morgan fingerprint density at radius 1 is 0.941 bits per heavy atom. The van der Waals surface area contributed by atoms with Gasteiger partial charge in [0, 0.05) is 6.61 Å². The molecule has 0 aliphatic rings. The van der Waals surface area contributed by atoms with Crippen LogP contribution in [0.5, 0.6) is 0 Å². The van der Waals surface area contributed by atoms with Crippen LogP contribution in [0.3, 0.4) is 0 Å². The van der Waals surface area contributed by atoms with Gasteiger partial charge in [0.25, 0.3) is 0 Å². The van der Waals surface area contributed by atoms with Gasteiger partial charge in [-0.25, -0.2) is 0 Å². The van der Waals surface area contributed by atoms with E-state index in [4.69, 9.17) is 14.9 Å². The maximum absolute atomic E-state index is 8.09. The molecule has 0 bridgehead atoms. The zero-order valence-corrected chi connectivity index (χ0v) is 11.7. The van der Waals surface area contributed by atoms with Crippen LogP contribution in [-0.4, -0.2) is 49.4 Å². The average Bonchev–Trinajstić information content (AvgIpc) is 2.36. The summed E-state index contributed by atoms with van der Waals surface area (Å²) >= 11 is 0. The molecule has 4 nitrogen and oxygen atoms in total. The summed E-state index contributed by atoms with van der Waals surface area (Å²) in [6.45, 7) is 8.14. The van der Waals surface area contributed by atoms with Crippen LogP contribution in [0, 0.1) is 0 Å². The van der Waals surface area contributed by atoms with Crippen molar-refractivity contribution in [2.24, 2.45) is 0 Å². The van der Waals surface area contributed by atoms with Gasteiger partial charge in [0.1, 0.15) is 0 Å². The zero-order valence-electron chi connectivity index (χ0n) is 11.7. The Labute approximate surface area is 106 Å². The fraction of sp³-hybridized carbons (Fsp3) is 1.00. The second-order valence-corrected chi connectivity index (χ2v) is 3.86. The lowest BCUT2D eigenvalue weighted by Crippen LogP contribution is -2.07. The average molecular weight is 250 g/mol. The Morgan fingerprint density at radius 3 is 1.94 bits per heavy atom. The highest BCUT2D eigenvalue weighted by molar-refractivity contribution is 4.44. The van der Waals surface area contributed by atoms with Crippen molar-refractivity contribution in [1.82, 2.24) is 0 Å². The van der Waals surface area contributed by atoms with Gasteiger partial charge in [-0.2, -0.15) is 0 Å². The second-order valence-electron chi connectivity index (χ2n) is 3.86. The molecule has 0 aromatic carbocycles. The van der Waals surface area contributed by atoms with E-state index in [1.807, 2.05) is 0 Å². The van der Waals surface area contributed by atoms with Crippen LogP contribution in [0.4, 0.5) is 0 Å². The van der Waals surface area contributed by atoms with E-state index in [0.717, 1.165) is 13.0 Å². The van der Waals surface area contributed by atoms with Crippen LogP contribution in [0.15, 0.2) is 0 Å². The number of aliphatic hydroxyl groups is 2. The monoisotopic (exact) mass is 250 g/mol. The van der Waals surface area contributed by atoms with Gasteiger partial charge < -0.3 is 19.7 Å². The third-order valence-electron chi connectivity index (χ3n) is 2.20. The van der Waals surface area contributed by atoms with E-state index in [2.05, 4.69) is 25.5 Å².